The first-order chi connectivity index (χ1) is 15.9. The van der Waals surface area contributed by atoms with Gasteiger partial charge in [-0.15, -0.1) is 0 Å². The molecule has 33 heavy (non-hydrogen) atoms. The summed E-state index contributed by atoms with van der Waals surface area (Å²) < 4.78 is 10.5. The monoisotopic (exact) mass is 480 g/mol. The largest absolute Gasteiger partial charge is 0.481 e. The zero-order valence-electron chi connectivity index (χ0n) is 17.2. The minimum absolute atomic E-state index is 0.161. The van der Waals surface area contributed by atoms with E-state index in [-0.39, 0.29) is 11.4 Å². The number of hydrogen-bond donors (Lipinski definition) is 2. The second-order valence-corrected chi connectivity index (χ2v) is 9.39. The minimum atomic E-state index is -0.843. The number of ether oxygens (including phenoxy) is 1. The number of nitrogens with zero attached hydrogens (tertiary/aromatic N) is 3. The summed E-state index contributed by atoms with van der Waals surface area (Å²) in [5.74, 6) is 5.01. The van der Waals surface area contributed by atoms with Crippen LogP contribution in [-0.2, 0) is 14.9 Å². The lowest BCUT2D eigenvalue weighted by atomic mass is 10.1. The van der Waals surface area contributed by atoms with Crippen molar-refractivity contribution in [2.75, 3.05) is 5.32 Å². The van der Waals surface area contributed by atoms with Crippen molar-refractivity contribution in [3.63, 3.8) is 0 Å². The number of aliphatic carboxylic acids is 1. The fraction of sp³-hybridized carbons (Fsp3) is 0.227. The van der Waals surface area contributed by atoms with E-state index in [0.29, 0.717) is 32.5 Å². The van der Waals surface area contributed by atoms with Crippen LogP contribution in [0.1, 0.15) is 47.2 Å². The van der Waals surface area contributed by atoms with Gasteiger partial charge in [0, 0.05) is 0 Å². The number of aromatic nitrogens is 3. The molecule has 1 saturated carbocycles. The standard InChI is InChI=1S/C22H16N4O5S2/c1-12(13-5-3-2-4-6-13)30-21(29)24-14-11-23-31-15(14)7-8-16-25-17-18(32-16)26-19(33-17)22(9-10-22)20(27)28/h2-6,11-12H,9-10H2,1H3,(H,24,29)(H,27,28). The summed E-state index contributed by atoms with van der Waals surface area (Å²) >= 11 is 2.55. The lowest BCUT2D eigenvalue weighted by Gasteiger charge is -2.13. The Labute approximate surface area is 195 Å². The van der Waals surface area contributed by atoms with Gasteiger partial charge in [0.05, 0.1) is 6.20 Å². The Kier molecular flexibility index (Phi) is 5.32. The van der Waals surface area contributed by atoms with Crippen LogP contribution in [0.15, 0.2) is 41.1 Å². The molecule has 0 saturated heterocycles. The number of amides is 1. The number of carbonyl (C=O) groups is 2. The number of anilines is 1. The highest BCUT2D eigenvalue weighted by Gasteiger charge is 2.54. The molecular formula is C22H16N4O5S2. The summed E-state index contributed by atoms with van der Waals surface area (Å²) in [7, 11) is 0. The van der Waals surface area contributed by atoms with E-state index >= 15 is 0 Å². The maximum Gasteiger partial charge on any atom is 0.412 e. The molecule has 2 N–H and O–H groups in total. The van der Waals surface area contributed by atoms with Gasteiger partial charge in [0.25, 0.3) is 0 Å². The van der Waals surface area contributed by atoms with Crippen LogP contribution in [-0.4, -0.2) is 32.3 Å². The van der Waals surface area contributed by atoms with Crippen molar-refractivity contribution in [3.05, 3.63) is 57.9 Å². The van der Waals surface area contributed by atoms with Crippen LogP contribution in [0.25, 0.3) is 9.66 Å². The molecule has 166 valence electrons. The molecule has 1 atom stereocenters. The van der Waals surface area contributed by atoms with Gasteiger partial charge in [-0.25, -0.2) is 14.8 Å². The number of carboxylic acids is 1. The van der Waals surface area contributed by atoms with E-state index in [4.69, 9.17) is 9.26 Å². The average molecular weight is 481 g/mol. The van der Waals surface area contributed by atoms with Gasteiger partial charge in [-0.3, -0.25) is 10.1 Å². The fourth-order valence-electron chi connectivity index (χ4n) is 3.17. The van der Waals surface area contributed by atoms with E-state index < -0.39 is 23.6 Å². The van der Waals surface area contributed by atoms with Gasteiger partial charge in [-0.2, -0.15) is 0 Å². The number of benzene rings is 1. The van der Waals surface area contributed by atoms with E-state index in [9.17, 15) is 14.7 Å². The van der Waals surface area contributed by atoms with E-state index in [2.05, 4.69) is 32.3 Å². The van der Waals surface area contributed by atoms with Crippen LogP contribution in [0.3, 0.4) is 0 Å². The van der Waals surface area contributed by atoms with Gasteiger partial charge in [0.2, 0.25) is 5.76 Å². The first kappa shape index (κ1) is 21.1. The van der Waals surface area contributed by atoms with Crippen molar-refractivity contribution in [2.45, 2.75) is 31.3 Å². The van der Waals surface area contributed by atoms with Crippen molar-refractivity contribution in [3.8, 4) is 11.8 Å². The Hall–Kier alpha value is -3.75. The molecule has 1 amide bonds. The highest BCUT2D eigenvalue weighted by atomic mass is 32.1. The normalized spacial score (nSPS) is 14.8. The Morgan fingerprint density at radius 2 is 1.94 bits per heavy atom. The summed E-state index contributed by atoms with van der Waals surface area (Å²) in [6.45, 7) is 1.78. The van der Waals surface area contributed by atoms with Crippen LogP contribution in [0.5, 0.6) is 0 Å². The third-order valence-corrected chi connectivity index (χ3v) is 7.33. The molecule has 0 bridgehead atoms. The Morgan fingerprint density at radius 1 is 1.18 bits per heavy atom. The predicted octanol–water partition coefficient (Wildman–Crippen LogP) is 4.57. The molecular weight excluding hydrogens is 464 g/mol. The van der Waals surface area contributed by atoms with Gasteiger partial charge in [-0.1, -0.05) is 58.2 Å². The number of carbonyl (C=O) groups excluding carboxylic acids is 1. The molecule has 1 aromatic carbocycles. The summed E-state index contributed by atoms with van der Waals surface area (Å²) in [4.78, 5) is 34.0. The lowest BCUT2D eigenvalue weighted by molar-refractivity contribution is -0.140. The van der Waals surface area contributed by atoms with Crippen LogP contribution in [0.2, 0.25) is 0 Å². The second-order valence-electron chi connectivity index (χ2n) is 7.44. The van der Waals surface area contributed by atoms with Gasteiger partial charge in [0.15, 0.2) is 14.7 Å². The first-order valence-electron chi connectivity index (χ1n) is 9.95. The average Bonchev–Trinajstić information content (AvgIpc) is 3.12. The molecule has 1 fully saturated rings. The fourth-order valence-corrected chi connectivity index (χ4v) is 5.30. The molecule has 1 aliphatic rings. The lowest BCUT2D eigenvalue weighted by Crippen LogP contribution is -2.18. The summed E-state index contributed by atoms with van der Waals surface area (Å²) in [5, 5.41) is 16.8. The maximum absolute atomic E-state index is 12.3. The summed E-state index contributed by atoms with van der Waals surface area (Å²) in [6.07, 6.45) is 1.45. The Bertz CT molecular complexity index is 1380. The number of thiazole rings is 2. The third kappa shape index (κ3) is 4.18. The van der Waals surface area contributed by atoms with Gasteiger partial charge < -0.3 is 14.4 Å². The molecule has 9 nitrogen and oxygen atoms in total. The van der Waals surface area contributed by atoms with Crippen molar-refractivity contribution < 1.29 is 24.0 Å². The van der Waals surface area contributed by atoms with Crippen LogP contribution in [0, 0.1) is 11.8 Å². The molecule has 5 rings (SSSR count). The Balaban J connectivity index is 1.27. The van der Waals surface area contributed by atoms with Crippen LogP contribution in [0.4, 0.5) is 10.5 Å². The van der Waals surface area contributed by atoms with Crippen molar-refractivity contribution >= 4 is 50.1 Å². The highest BCUT2D eigenvalue weighted by Crippen LogP contribution is 2.50. The minimum Gasteiger partial charge on any atom is -0.481 e. The molecule has 11 heteroatoms. The van der Waals surface area contributed by atoms with E-state index in [1.165, 1.54) is 28.9 Å². The van der Waals surface area contributed by atoms with Gasteiger partial charge in [-0.05, 0) is 37.2 Å². The number of fused-ring (bicyclic) bond motifs is 1. The molecule has 0 spiro atoms. The highest BCUT2D eigenvalue weighted by molar-refractivity contribution is 7.26. The van der Waals surface area contributed by atoms with Gasteiger partial charge in [0.1, 0.15) is 22.2 Å². The van der Waals surface area contributed by atoms with Crippen LogP contribution < -0.4 is 5.32 Å². The second kappa shape index (κ2) is 8.31. The summed E-state index contributed by atoms with van der Waals surface area (Å²) in [6, 6.07) is 9.37. The zero-order valence-corrected chi connectivity index (χ0v) is 18.8. The van der Waals surface area contributed by atoms with Crippen LogP contribution >= 0.6 is 22.7 Å². The zero-order chi connectivity index (χ0) is 23.0. The Morgan fingerprint density at radius 3 is 2.64 bits per heavy atom. The number of carboxylic acid groups (broad SMARTS) is 1. The van der Waals surface area contributed by atoms with Gasteiger partial charge >= 0.3 is 12.1 Å². The predicted molar refractivity (Wildman–Crippen MR) is 121 cm³/mol. The van der Waals surface area contributed by atoms with Crippen molar-refractivity contribution in [2.24, 2.45) is 0 Å². The molecule has 3 aromatic heterocycles. The summed E-state index contributed by atoms with van der Waals surface area (Å²) in [5.41, 5.74) is 0.308. The van der Waals surface area contributed by atoms with E-state index in [1.54, 1.807) is 6.92 Å². The van der Waals surface area contributed by atoms with E-state index in [1.807, 2.05) is 30.3 Å². The van der Waals surface area contributed by atoms with E-state index in [0.717, 1.165) is 5.56 Å². The topological polar surface area (TPSA) is 127 Å². The number of nitrogens with one attached hydrogen (secondary N) is 1. The SMILES string of the molecule is CC(OC(=O)Nc1cnoc1C#Cc1nc2sc(C3(C(=O)O)CC3)nc2s1)c1ccccc1. The quantitative estimate of drug-likeness (QED) is 0.398. The molecule has 0 aliphatic heterocycles. The maximum atomic E-state index is 12.3. The molecule has 4 aromatic rings. The molecule has 3 heterocycles. The van der Waals surface area contributed by atoms with Crippen molar-refractivity contribution in [1.82, 2.24) is 15.1 Å². The number of rotatable bonds is 5. The number of hydrogen-bond acceptors (Lipinski definition) is 9. The molecule has 0 radical (unpaired) electrons. The molecule has 1 aliphatic carbocycles. The smallest absolute Gasteiger partial charge is 0.412 e. The van der Waals surface area contributed by atoms with Crippen molar-refractivity contribution in [1.29, 1.82) is 0 Å². The first-order valence-corrected chi connectivity index (χ1v) is 11.6. The molecule has 1 unspecified atom stereocenters. The third-order valence-electron chi connectivity index (χ3n) is 5.19.